The lowest BCUT2D eigenvalue weighted by Gasteiger charge is -2.07. The summed E-state index contributed by atoms with van der Waals surface area (Å²) >= 11 is 20.5. The number of carbonyl (C=O) groups excluding carboxylic acids is 1. The van der Waals surface area contributed by atoms with Crippen LogP contribution in [0.4, 0.5) is 0 Å². The van der Waals surface area contributed by atoms with E-state index >= 15 is 0 Å². The van der Waals surface area contributed by atoms with Gasteiger partial charge in [0, 0.05) is 0 Å². The van der Waals surface area contributed by atoms with E-state index in [0.29, 0.717) is 0 Å². The van der Waals surface area contributed by atoms with Crippen molar-refractivity contribution in [2.45, 2.75) is 3.79 Å². The Morgan fingerprint density at radius 2 is 1.89 bits per heavy atom. The van der Waals surface area contributed by atoms with E-state index in [-0.39, 0.29) is 6.00 Å². The molecule has 0 spiro atoms. The second kappa shape index (κ2) is 3.71. The van der Waals surface area contributed by atoms with Crippen molar-refractivity contribution >= 4 is 52.3 Å². The van der Waals surface area contributed by atoms with E-state index in [0.717, 1.165) is 0 Å². The molecule has 0 atom stereocenters. The third-order valence-corrected chi connectivity index (χ3v) is 1.13. The van der Waals surface area contributed by atoms with Gasteiger partial charge in [-0.1, -0.05) is 34.8 Å². The largest absolute Gasteiger partial charge is 0.339 e. The standard InChI is InChI=1S/C3H3Cl4NO/c4-1-8-2(9)3(5,6)7/h1H2,(H,8,9). The van der Waals surface area contributed by atoms with Crippen LogP contribution < -0.4 is 5.32 Å². The molecule has 0 fully saturated rings. The first-order valence-corrected chi connectivity index (χ1v) is 3.56. The monoisotopic (exact) mass is 209 g/mol. The molecule has 0 radical (unpaired) electrons. The van der Waals surface area contributed by atoms with E-state index in [2.05, 4.69) is 5.32 Å². The molecule has 0 aromatic rings. The Morgan fingerprint density at radius 1 is 1.44 bits per heavy atom. The summed E-state index contributed by atoms with van der Waals surface area (Å²) in [5.41, 5.74) is 0. The van der Waals surface area contributed by atoms with Crippen LogP contribution in [0.25, 0.3) is 0 Å². The van der Waals surface area contributed by atoms with Crippen molar-refractivity contribution in [2.75, 3.05) is 6.00 Å². The van der Waals surface area contributed by atoms with Crippen LogP contribution in [0.3, 0.4) is 0 Å². The zero-order valence-corrected chi connectivity index (χ0v) is 7.15. The highest BCUT2D eigenvalue weighted by Crippen LogP contribution is 2.25. The Balaban J connectivity index is 3.74. The van der Waals surface area contributed by atoms with Crippen LogP contribution in [0, 0.1) is 0 Å². The van der Waals surface area contributed by atoms with Crippen molar-refractivity contribution < 1.29 is 4.79 Å². The zero-order chi connectivity index (χ0) is 7.49. The predicted molar refractivity (Wildman–Crippen MR) is 39.2 cm³/mol. The Kier molecular flexibility index (Phi) is 3.97. The maximum absolute atomic E-state index is 10.5. The minimum atomic E-state index is -1.91. The number of carbonyl (C=O) groups is 1. The highest BCUT2D eigenvalue weighted by Gasteiger charge is 2.29. The molecule has 2 nitrogen and oxygen atoms in total. The smallest absolute Gasteiger partial charge is 0.273 e. The number of hydrogen-bond acceptors (Lipinski definition) is 1. The summed E-state index contributed by atoms with van der Waals surface area (Å²) in [7, 11) is 0. The lowest BCUT2D eigenvalue weighted by Crippen LogP contribution is -2.33. The summed E-state index contributed by atoms with van der Waals surface area (Å²) in [5, 5.41) is 2.12. The van der Waals surface area contributed by atoms with E-state index in [9.17, 15) is 4.79 Å². The highest BCUT2D eigenvalue weighted by molar-refractivity contribution is 6.76. The molecular formula is C3H3Cl4NO. The van der Waals surface area contributed by atoms with Crippen molar-refractivity contribution in [1.82, 2.24) is 5.32 Å². The minimum absolute atomic E-state index is 0.0628. The average molecular weight is 211 g/mol. The summed E-state index contributed by atoms with van der Waals surface area (Å²) in [6, 6.07) is -0.0628. The van der Waals surface area contributed by atoms with Gasteiger partial charge in [-0.2, -0.15) is 0 Å². The van der Waals surface area contributed by atoms with E-state index in [1.54, 1.807) is 0 Å². The SMILES string of the molecule is O=C(NCCl)C(Cl)(Cl)Cl. The Bertz CT molecular complexity index is 109. The van der Waals surface area contributed by atoms with Crippen LogP contribution in [0.1, 0.15) is 0 Å². The molecule has 0 bridgehead atoms. The van der Waals surface area contributed by atoms with Crippen LogP contribution in [-0.2, 0) is 4.79 Å². The van der Waals surface area contributed by atoms with E-state index in [1.165, 1.54) is 0 Å². The molecule has 0 heterocycles. The van der Waals surface area contributed by atoms with Crippen LogP contribution in [0.5, 0.6) is 0 Å². The Labute approximate surface area is 72.4 Å². The molecule has 6 heteroatoms. The quantitative estimate of drug-likeness (QED) is 0.518. The normalized spacial score (nSPS) is 11.1. The Morgan fingerprint density at radius 3 is 2.00 bits per heavy atom. The summed E-state index contributed by atoms with van der Waals surface area (Å²) in [6.07, 6.45) is 0. The van der Waals surface area contributed by atoms with Gasteiger partial charge in [0.25, 0.3) is 9.70 Å². The van der Waals surface area contributed by atoms with Crippen molar-refractivity contribution in [3.8, 4) is 0 Å². The molecule has 1 amide bonds. The first-order chi connectivity index (χ1) is 3.98. The molecule has 0 aliphatic heterocycles. The molecule has 0 saturated carbocycles. The molecular weight excluding hydrogens is 208 g/mol. The maximum Gasteiger partial charge on any atom is 0.273 e. The molecule has 1 N–H and O–H groups in total. The maximum atomic E-state index is 10.5. The van der Waals surface area contributed by atoms with Gasteiger partial charge in [0.05, 0.1) is 6.00 Å². The summed E-state index contributed by atoms with van der Waals surface area (Å²) < 4.78 is -1.91. The third-order valence-electron chi connectivity index (χ3n) is 0.485. The summed E-state index contributed by atoms with van der Waals surface area (Å²) in [4.78, 5) is 10.5. The first-order valence-electron chi connectivity index (χ1n) is 1.89. The molecule has 0 unspecified atom stereocenters. The van der Waals surface area contributed by atoms with E-state index < -0.39 is 9.70 Å². The van der Waals surface area contributed by atoms with Crippen molar-refractivity contribution in [2.24, 2.45) is 0 Å². The molecule has 0 rings (SSSR count). The van der Waals surface area contributed by atoms with Crippen LogP contribution in [-0.4, -0.2) is 15.7 Å². The van der Waals surface area contributed by atoms with Crippen LogP contribution in [0.15, 0.2) is 0 Å². The van der Waals surface area contributed by atoms with Gasteiger partial charge in [-0.15, -0.1) is 11.6 Å². The van der Waals surface area contributed by atoms with Gasteiger partial charge < -0.3 is 5.32 Å². The van der Waals surface area contributed by atoms with E-state index in [1.807, 2.05) is 0 Å². The minimum Gasteiger partial charge on any atom is -0.339 e. The van der Waals surface area contributed by atoms with E-state index in [4.69, 9.17) is 46.4 Å². The van der Waals surface area contributed by atoms with Crippen molar-refractivity contribution in [1.29, 1.82) is 0 Å². The fourth-order valence-electron chi connectivity index (χ4n) is 0.161. The van der Waals surface area contributed by atoms with Gasteiger partial charge >= 0.3 is 0 Å². The number of halogens is 4. The topological polar surface area (TPSA) is 29.1 Å². The predicted octanol–water partition coefficient (Wildman–Crippen LogP) is 1.67. The number of hydrogen-bond donors (Lipinski definition) is 1. The van der Waals surface area contributed by atoms with Crippen molar-refractivity contribution in [3.63, 3.8) is 0 Å². The van der Waals surface area contributed by atoms with Gasteiger partial charge in [0.1, 0.15) is 0 Å². The van der Waals surface area contributed by atoms with Gasteiger partial charge in [-0.25, -0.2) is 0 Å². The average Bonchev–Trinajstić information content (AvgIpc) is 1.64. The number of amides is 1. The fourth-order valence-corrected chi connectivity index (χ4v) is 0.483. The molecule has 0 aromatic heterocycles. The van der Waals surface area contributed by atoms with Gasteiger partial charge in [0.15, 0.2) is 0 Å². The lowest BCUT2D eigenvalue weighted by atomic mass is 10.7. The molecule has 0 aliphatic rings. The van der Waals surface area contributed by atoms with Gasteiger partial charge in [0.2, 0.25) is 0 Å². The fraction of sp³-hybridized carbons (Fsp3) is 0.667. The first kappa shape index (κ1) is 9.63. The zero-order valence-electron chi connectivity index (χ0n) is 4.13. The highest BCUT2D eigenvalue weighted by atomic mass is 35.6. The third kappa shape index (κ3) is 4.09. The van der Waals surface area contributed by atoms with Crippen LogP contribution >= 0.6 is 46.4 Å². The van der Waals surface area contributed by atoms with Gasteiger partial charge in [-0.05, 0) is 0 Å². The van der Waals surface area contributed by atoms with Crippen LogP contribution in [0.2, 0.25) is 0 Å². The number of nitrogens with one attached hydrogen (secondary N) is 1. The summed E-state index contributed by atoms with van der Waals surface area (Å²) in [6.45, 7) is 0. The Hall–Kier alpha value is 0.630. The molecule has 9 heavy (non-hydrogen) atoms. The molecule has 0 saturated heterocycles. The summed E-state index contributed by atoms with van der Waals surface area (Å²) in [5.74, 6) is -0.720. The second-order valence-corrected chi connectivity index (χ2v) is 3.69. The number of alkyl halides is 4. The van der Waals surface area contributed by atoms with Crippen molar-refractivity contribution in [3.05, 3.63) is 0 Å². The molecule has 0 aliphatic carbocycles. The lowest BCUT2D eigenvalue weighted by molar-refractivity contribution is -0.119. The number of rotatable bonds is 1. The molecule has 0 aromatic carbocycles. The molecule has 54 valence electrons. The van der Waals surface area contributed by atoms with Gasteiger partial charge in [-0.3, -0.25) is 4.79 Å². The second-order valence-electron chi connectivity index (χ2n) is 1.14.